The lowest BCUT2D eigenvalue weighted by Gasteiger charge is -2.08. The third-order valence-electron chi connectivity index (χ3n) is 3.55. The second-order valence-electron chi connectivity index (χ2n) is 5.00. The number of nitrogens with zero attached hydrogens (tertiary/aromatic N) is 2. The second-order valence-corrected chi connectivity index (χ2v) is 5.41. The molecule has 0 fully saturated rings. The Bertz CT molecular complexity index is 839. The lowest BCUT2D eigenvalue weighted by Crippen LogP contribution is -2.03. The maximum absolute atomic E-state index is 11.1. The number of aryl methyl sites for hydroxylation is 1. The van der Waals surface area contributed by atoms with E-state index in [9.17, 15) is 10.1 Å². The number of nitro groups is 1. The number of nitro benzene ring substituents is 1. The summed E-state index contributed by atoms with van der Waals surface area (Å²) in [4.78, 5) is 10.8. The van der Waals surface area contributed by atoms with E-state index < -0.39 is 4.92 Å². The Morgan fingerprint density at radius 1 is 1.24 bits per heavy atom. The molecule has 0 spiro atoms. The van der Waals surface area contributed by atoms with Gasteiger partial charge in [0.15, 0.2) is 0 Å². The molecule has 4 nitrogen and oxygen atoms in total. The first-order valence-electron chi connectivity index (χ1n) is 6.53. The number of hydrogen-bond acceptors (Lipinski definition) is 2. The standard InChI is InChI=1S/C16H13ClN2O2/c1-11-5-6-15-12(9-11)7-8-18(15)10-13-14(17)3-2-4-16(13)19(20)21/h2-9H,10H2,1H3. The molecule has 1 heterocycles. The van der Waals surface area contributed by atoms with Crippen molar-refractivity contribution in [2.45, 2.75) is 13.5 Å². The van der Waals surface area contributed by atoms with Gasteiger partial charge in [-0.25, -0.2) is 0 Å². The molecule has 0 bridgehead atoms. The van der Waals surface area contributed by atoms with E-state index in [1.165, 1.54) is 11.6 Å². The molecule has 0 atom stereocenters. The number of hydrogen-bond donors (Lipinski definition) is 0. The molecule has 0 saturated heterocycles. The van der Waals surface area contributed by atoms with E-state index in [4.69, 9.17) is 11.6 Å². The molecule has 3 rings (SSSR count). The minimum atomic E-state index is -0.392. The summed E-state index contributed by atoms with van der Waals surface area (Å²) in [7, 11) is 0. The average Bonchev–Trinajstić information content (AvgIpc) is 2.83. The molecule has 0 aliphatic rings. The van der Waals surface area contributed by atoms with Gasteiger partial charge in [0.1, 0.15) is 0 Å². The van der Waals surface area contributed by atoms with Gasteiger partial charge >= 0.3 is 0 Å². The van der Waals surface area contributed by atoms with E-state index >= 15 is 0 Å². The van der Waals surface area contributed by atoms with Crippen LogP contribution in [0.5, 0.6) is 0 Å². The highest BCUT2D eigenvalue weighted by molar-refractivity contribution is 6.31. The van der Waals surface area contributed by atoms with Crippen LogP contribution in [0.15, 0.2) is 48.7 Å². The van der Waals surface area contributed by atoms with Crippen molar-refractivity contribution in [3.63, 3.8) is 0 Å². The van der Waals surface area contributed by atoms with Gasteiger partial charge < -0.3 is 4.57 Å². The first-order chi connectivity index (χ1) is 10.1. The summed E-state index contributed by atoms with van der Waals surface area (Å²) in [6.45, 7) is 2.41. The van der Waals surface area contributed by atoms with E-state index in [1.54, 1.807) is 12.1 Å². The van der Waals surface area contributed by atoms with Crippen molar-refractivity contribution < 1.29 is 4.92 Å². The lowest BCUT2D eigenvalue weighted by molar-refractivity contribution is -0.385. The van der Waals surface area contributed by atoms with Gasteiger partial charge in [-0.15, -0.1) is 0 Å². The molecule has 2 aromatic carbocycles. The number of fused-ring (bicyclic) bond motifs is 1. The third kappa shape index (κ3) is 2.50. The Hall–Kier alpha value is -2.33. The maximum Gasteiger partial charge on any atom is 0.275 e. The molecule has 1 aromatic heterocycles. The Labute approximate surface area is 126 Å². The topological polar surface area (TPSA) is 48.1 Å². The quantitative estimate of drug-likeness (QED) is 0.526. The fourth-order valence-electron chi connectivity index (χ4n) is 2.50. The molecule has 3 aromatic rings. The molecule has 0 N–H and O–H groups in total. The number of aromatic nitrogens is 1. The van der Waals surface area contributed by atoms with Crippen LogP contribution in [0.1, 0.15) is 11.1 Å². The molecule has 0 aliphatic carbocycles. The Morgan fingerprint density at radius 3 is 2.81 bits per heavy atom. The molecular formula is C16H13ClN2O2. The van der Waals surface area contributed by atoms with Gasteiger partial charge in [0.25, 0.3) is 5.69 Å². The fraction of sp³-hybridized carbons (Fsp3) is 0.125. The lowest BCUT2D eigenvalue weighted by atomic mass is 10.1. The fourth-order valence-corrected chi connectivity index (χ4v) is 2.73. The van der Waals surface area contributed by atoms with Crippen LogP contribution in [0.4, 0.5) is 5.69 Å². The van der Waals surface area contributed by atoms with Crippen LogP contribution in [0.25, 0.3) is 10.9 Å². The van der Waals surface area contributed by atoms with Crippen LogP contribution in [0.3, 0.4) is 0 Å². The second kappa shape index (κ2) is 5.22. The Kier molecular flexibility index (Phi) is 3.39. The number of halogens is 1. The Morgan fingerprint density at radius 2 is 2.05 bits per heavy atom. The molecule has 0 aliphatic heterocycles. The number of rotatable bonds is 3. The largest absolute Gasteiger partial charge is 0.343 e. The minimum Gasteiger partial charge on any atom is -0.343 e. The van der Waals surface area contributed by atoms with E-state index in [2.05, 4.69) is 6.07 Å². The third-order valence-corrected chi connectivity index (χ3v) is 3.90. The first kappa shape index (κ1) is 13.6. The molecule has 0 radical (unpaired) electrons. The summed E-state index contributed by atoms with van der Waals surface area (Å²) in [6.07, 6.45) is 1.93. The summed E-state index contributed by atoms with van der Waals surface area (Å²) >= 11 is 6.15. The zero-order chi connectivity index (χ0) is 15.0. The summed E-state index contributed by atoms with van der Waals surface area (Å²) in [6, 6.07) is 12.9. The Balaban J connectivity index is 2.09. The van der Waals surface area contributed by atoms with Crippen LogP contribution in [0, 0.1) is 17.0 Å². The van der Waals surface area contributed by atoms with Gasteiger partial charge in [0, 0.05) is 17.8 Å². The van der Waals surface area contributed by atoms with Crippen molar-refractivity contribution in [2.24, 2.45) is 0 Å². The average molecular weight is 301 g/mol. The van der Waals surface area contributed by atoms with Gasteiger partial charge in [0.2, 0.25) is 0 Å². The van der Waals surface area contributed by atoms with E-state index in [0.717, 1.165) is 10.9 Å². The van der Waals surface area contributed by atoms with Crippen molar-refractivity contribution in [2.75, 3.05) is 0 Å². The zero-order valence-electron chi connectivity index (χ0n) is 11.4. The zero-order valence-corrected chi connectivity index (χ0v) is 12.2. The molecule has 0 saturated carbocycles. The van der Waals surface area contributed by atoms with Gasteiger partial charge in [-0.05, 0) is 36.6 Å². The SMILES string of the molecule is Cc1ccc2c(ccn2Cc2c(Cl)cccc2[N+](=O)[O-])c1. The molecule has 106 valence electrons. The highest BCUT2D eigenvalue weighted by Crippen LogP contribution is 2.28. The number of benzene rings is 2. The molecule has 0 unspecified atom stereocenters. The van der Waals surface area contributed by atoms with Crippen molar-refractivity contribution in [1.82, 2.24) is 4.57 Å². The summed E-state index contributed by atoms with van der Waals surface area (Å²) in [5.41, 5.74) is 2.80. The maximum atomic E-state index is 11.1. The van der Waals surface area contributed by atoms with Crippen LogP contribution in [-0.2, 0) is 6.54 Å². The summed E-state index contributed by atoms with van der Waals surface area (Å²) in [5.74, 6) is 0. The predicted octanol–water partition coefficient (Wildman–Crippen LogP) is 4.56. The summed E-state index contributed by atoms with van der Waals surface area (Å²) in [5, 5.41) is 12.7. The molecular weight excluding hydrogens is 288 g/mol. The molecule has 5 heteroatoms. The van der Waals surface area contributed by atoms with Gasteiger partial charge in [0.05, 0.1) is 22.1 Å². The smallest absolute Gasteiger partial charge is 0.275 e. The minimum absolute atomic E-state index is 0.0523. The molecule has 21 heavy (non-hydrogen) atoms. The van der Waals surface area contributed by atoms with Crippen LogP contribution < -0.4 is 0 Å². The van der Waals surface area contributed by atoms with Crippen molar-refractivity contribution in [1.29, 1.82) is 0 Å². The van der Waals surface area contributed by atoms with Crippen molar-refractivity contribution in [3.05, 3.63) is 74.9 Å². The molecule has 0 amide bonds. The first-order valence-corrected chi connectivity index (χ1v) is 6.91. The monoisotopic (exact) mass is 300 g/mol. The predicted molar refractivity (Wildman–Crippen MR) is 83.9 cm³/mol. The highest BCUT2D eigenvalue weighted by atomic mass is 35.5. The van der Waals surface area contributed by atoms with Gasteiger partial charge in [-0.2, -0.15) is 0 Å². The normalized spacial score (nSPS) is 11.0. The summed E-state index contributed by atoms with van der Waals surface area (Å²) < 4.78 is 1.98. The van der Waals surface area contributed by atoms with Crippen LogP contribution >= 0.6 is 11.6 Å². The highest BCUT2D eigenvalue weighted by Gasteiger charge is 2.17. The van der Waals surface area contributed by atoms with E-state index in [0.29, 0.717) is 17.1 Å². The van der Waals surface area contributed by atoms with E-state index in [-0.39, 0.29) is 5.69 Å². The van der Waals surface area contributed by atoms with Gasteiger partial charge in [-0.1, -0.05) is 29.3 Å². The van der Waals surface area contributed by atoms with Crippen LogP contribution in [0.2, 0.25) is 5.02 Å². The van der Waals surface area contributed by atoms with Gasteiger partial charge in [-0.3, -0.25) is 10.1 Å². The van der Waals surface area contributed by atoms with Crippen molar-refractivity contribution in [3.8, 4) is 0 Å². The van der Waals surface area contributed by atoms with E-state index in [1.807, 2.05) is 35.9 Å². The van der Waals surface area contributed by atoms with Crippen molar-refractivity contribution >= 4 is 28.2 Å². The van der Waals surface area contributed by atoms with Crippen LogP contribution in [-0.4, -0.2) is 9.49 Å².